The highest BCUT2D eigenvalue weighted by Crippen LogP contribution is 2.45. The smallest absolute Gasteiger partial charge is 0.462 e. The molecular weight excluding hydrogens is 1290 g/mol. The molecule has 2 unspecified atom stereocenters. The molecule has 0 aliphatic rings. The third-order valence-electron chi connectivity index (χ3n) is 18.9. The average Bonchev–Trinajstić information content (AvgIpc) is 1.01. The van der Waals surface area contributed by atoms with Crippen LogP contribution in [0.3, 0.4) is 0 Å². The molecule has 0 aromatic heterocycles. The number of carbonyl (C=O) groups is 4. The number of aliphatic hydroxyl groups is 1. The highest BCUT2D eigenvalue weighted by Gasteiger charge is 2.30. The molecule has 0 saturated carbocycles. The van der Waals surface area contributed by atoms with Gasteiger partial charge in [0.15, 0.2) is 12.2 Å². The van der Waals surface area contributed by atoms with Crippen molar-refractivity contribution in [2.75, 3.05) is 39.6 Å². The van der Waals surface area contributed by atoms with E-state index in [1.54, 1.807) is 0 Å². The van der Waals surface area contributed by atoms with Gasteiger partial charge in [0, 0.05) is 25.7 Å². The van der Waals surface area contributed by atoms with E-state index in [0.29, 0.717) is 25.7 Å². The highest BCUT2D eigenvalue weighted by atomic mass is 31.2. The Bertz CT molecular complexity index is 1880. The molecular formula is C80H156O17P2. The molecule has 99 heavy (non-hydrogen) atoms. The van der Waals surface area contributed by atoms with Crippen molar-refractivity contribution in [1.82, 2.24) is 0 Å². The van der Waals surface area contributed by atoms with Gasteiger partial charge in [0.2, 0.25) is 0 Å². The van der Waals surface area contributed by atoms with Gasteiger partial charge in [-0.15, -0.1) is 0 Å². The molecule has 0 amide bonds. The summed E-state index contributed by atoms with van der Waals surface area (Å²) >= 11 is 0. The summed E-state index contributed by atoms with van der Waals surface area (Å²) in [5, 5.41) is 10.6. The molecule has 0 aliphatic carbocycles. The fraction of sp³-hybridized carbons (Fsp3) is 0.950. The van der Waals surface area contributed by atoms with Crippen LogP contribution < -0.4 is 0 Å². The molecule has 0 saturated heterocycles. The lowest BCUT2D eigenvalue weighted by Gasteiger charge is -2.21. The summed E-state index contributed by atoms with van der Waals surface area (Å²) in [6, 6.07) is 0. The van der Waals surface area contributed by atoms with Crippen LogP contribution in [0.2, 0.25) is 0 Å². The first kappa shape index (κ1) is 97.1. The number of phosphoric ester groups is 2. The minimum absolute atomic E-state index is 0.108. The third kappa shape index (κ3) is 74.1. The largest absolute Gasteiger partial charge is 0.472 e. The quantitative estimate of drug-likeness (QED) is 0.0222. The van der Waals surface area contributed by atoms with E-state index >= 15 is 0 Å². The minimum Gasteiger partial charge on any atom is -0.462 e. The SMILES string of the molecule is CCCCCCCCCCCCCCCCCCCCCCC(=O)O[C@H](COC(=O)CCCCCCCCCCCCCCCCCCC)COP(=O)(O)OC[C@@H](O)COP(=O)(O)OC[C@@H](COC(=O)CCCCCCC)OC(=O)CCCCCCCCCCCCCCCCCCC. The molecule has 0 radical (unpaired) electrons. The Hall–Kier alpha value is -1.94. The van der Waals surface area contributed by atoms with Crippen molar-refractivity contribution in [3.63, 3.8) is 0 Å². The van der Waals surface area contributed by atoms with E-state index in [-0.39, 0.29) is 25.7 Å². The van der Waals surface area contributed by atoms with Crippen LogP contribution in [0.25, 0.3) is 0 Å². The number of hydrogen-bond acceptors (Lipinski definition) is 15. The Labute approximate surface area is 607 Å². The number of ether oxygens (including phenoxy) is 4. The fourth-order valence-corrected chi connectivity index (χ4v) is 14.0. The van der Waals surface area contributed by atoms with Crippen molar-refractivity contribution in [2.45, 2.75) is 451 Å². The summed E-state index contributed by atoms with van der Waals surface area (Å²) in [4.78, 5) is 72.7. The van der Waals surface area contributed by atoms with Crippen molar-refractivity contribution in [2.24, 2.45) is 0 Å². The lowest BCUT2D eigenvalue weighted by molar-refractivity contribution is -0.161. The normalized spacial score (nSPS) is 13.8. The number of esters is 4. The zero-order valence-electron chi connectivity index (χ0n) is 64.5. The van der Waals surface area contributed by atoms with E-state index in [9.17, 15) is 43.2 Å². The van der Waals surface area contributed by atoms with Crippen LogP contribution in [-0.2, 0) is 65.4 Å². The van der Waals surface area contributed by atoms with Gasteiger partial charge >= 0.3 is 39.5 Å². The van der Waals surface area contributed by atoms with Crippen LogP contribution in [0.5, 0.6) is 0 Å². The maximum atomic E-state index is 13.1. The Morgan fingerprint density at radius 3 is 0.596 bits per heavy atom. The first-order valence-electron chi connectivity index (χ1n) is 41.8. The van der Waals surface area contributed by atoms with E-state index < -0.39 is 97.5 Å². The molecule has 0 aliphatic heterocycles. The number of rotatable bonds is 81. The van der Waals surface area contributed by atoms with Gasteiger partial charge in [0.1, 0.15) is 19.3 Å². The second-order valence-electron chi connectivity index (χ2n) is 28.8. The standard InChI is InChI=1S/C80H156O17P2/c1-5-9-13-17-20-23-26-29-32-35-36-37-40-43-46-49-52-55-59-63-67-80(85)97-76(71-91-78(83)65-61-57-53-50-47-44-41-38-33-30-27-24-21-18-14-10-6-2)73-95-99(88,89)93-69-74(81)68-92-98(86,87)94-72-75(70-90-77(82)64-60-56-16-12-8-4)96-79(84)66-62-58-54-51-48-45-42-39-34-31-28-25-22-19-15-11-7-3/h74-76,81H,5-73H2,1-4H3,(H,86,87)(H,88,89)/t74-,75+,76+/m0/s1. The highest BCUT2D eigenvalue weighted by molar-refractivity contribution is 7.47. The molecule has 0 bridgehead atoms. The number of unbranched alkanes of at least 4 members (excludes halogenated alkanes) is 55. The summed E-state index contributed by atoms with van der Waals surface area (Å²) in [7, 11) is -9.91. The second-order valence-corrected chi connectivity index (χ2v) is 31.7. The molecule has 5 atom stereocenters. The first-order chi connectivity index (χ1) is 48.2. The molecule has 0 aromatic rings. The fourth-order valence-electron chi connectivity index (χ4n) is 12.5. The number of hydrogen-bond donors (Lipinski definition) is 3. The Kier molecular flexibility index (Phi) is 72.9. The first-order valence-corrected chi connectivity index (χ1v) is 44.8. The van der Waals surface area contributed by atoms with Crippen LogP contribution in [0, 0.1) is 0 Å². The third-order valence-corrected chi connectivity index (χ3v) is 20.8. The van der Waals surface area contributed by atoms with Crippen molar-refractivity contribution >= 4 is 39.5 Å². The van der Waals surface area contributed by atoms with E-state index in [0.717, 1.165) is 96.3 Å². The van der Waals surface area contributed by atoms with E-state index in [4.69, 9.17) is 37.0 Å². The maximum Gasteiger partial charge on any atom is 0.472 e. The van der Waals surface area contributed by atoms with Gasteiger partial charge < -0.3 is 33.8 Å². The van der Waals surface area contributed by atoms with Crippen LogP contribution in [0.15, 0.2) is 0 Å². The van der Waals surface area contributed by atoms with E-state index in [1.165, 1.54) is 257 Å². The van der Waals surface area contributed by atoms with Crippen LogP contribution in [0.1, 0.15) is 432 Å². The van der Waals surface area contributed by atoms with E-state index in [1.807, 2.05) is 0 Å². The van der Waals surface area contributed by atoms with Crippen molar-refractivity contribution in [1.29, 1.82) is 0 Å². The van der Waals surface area contributed by atoms with Crippen LogP contribution in [-0.4, -0.2) is 96.7 Å². The van der Waals surface area contributed by atoms with Gasteiger partial charge in [-0.3, -0.25) is 37.3 Å². The van der Waals surface area contributed by atoms with Gasteiger partial charge in [-0.25, -0.2) is 9.13 Å². The van der Waals surface area contributed by atoms with Crippen LogP contribution in [0.4, 0.5) is 0 Å². The summed E-state index contributed by atoms with van der Waals surface area (Å²) < 4.78 is 68.5. The molecule has 17 nitrogen and oxygen atoms in total. The number of aliphatic hydroxyl groups excluding tert-OH is 1. The van der Waals surface area contributed by atoms with Crippen molar-refractivity contribution in [3.8, 4) is 0 Å². The summed E-state index contributed by atoms with van der Waals surface area (Å²) in [5.74, 6) is -2.12. The van der Waals surface area contributed by atoms with Crippen molar-refractivity contribution in [3.05, 3.63) is 0 Å². The lowest BCUT2D eigenvalue weighted by atomic mass is 10.0. The molecule has 3 N–H and O–H groups in total. The average molecular weight is 1450 g/mol. The van der Waals surface area contributed by atoms with Gasteiger partial charge in [-0.2, -0.15) is 0 Å². The van der Waals surface area contributed by atoms with Gasteiger partial charge in [-0.05, 0) is 25.7 Å². The summed E-state index contributed by atoms with van der Waals surface area (Å²) in [5.41, 5.74) is 0. The monoisotopic (exact) mass is 1450 g/mol. The maximum absolute atomic E-state index is 13.1. The zero-order chi connectivity index (χ0) is 72.5. The molecule has 0 rings (SSSR count). The van der Waals surface area contributed by atoms with Gasteiger partial charge in [0.25, 0.3) is 0 Å². The predicted octanol–water partition coefficient (Wildman–Crippen LogP) is 24.2. The number of phosphoric acid groups is 2. The summed E-state index contributed by atoms with van der Waals surface area (Å²) in [6.45, 7) is 4.93. The van der Waals surface area contributed by atoms with Gasteiger partial charge in [0.05, 0.1) is 26.4 Å². The van der Waals surface area contributed by atoms with Crippen LogP contribution >= 0.6 is 15.6 Å². The zero-order valence-corrected chi connectivity index (χ0v) is 66.3. The molecule has 588 valence electrons. The molecule has 0 fully saturated rings. The Morgan fingerprint density at radius 2 is 0.404 bits per heavy atom. The molecule has 0 heterocycles. The van der Waals surface area contributed by atoms with Gasteiger partial charge in [-0.1, -0.05) is 381 Å². The number of carbonyl (C=O) groups excluding carboxylic acids is 4. The predicted molar refractivity (Wildman–Crippen MR) is 405 cm³/mol. The molecule has 19 heteroatoms. The second kappa shape index (κ2) is 74.3. The van der Waals surface area contributed by atoms with Crippen molar-refractivity contribution < 1.29 is 80.2 Å². The Morgan fingerprint density at radius 1 is 0.242 bits per heavy atom. The topological polar surface area (TPSA) is 237 Å². The Balaban J connectivity index is 5.11. The molecule has 0 aromatic carbocycles. The van der Waals surface area contributed by atoms with E-state index in [2.05, 4.69) is 27.7 Å². The molecule has 0 spiro atoms. The summed E-state index contributed by atoms with van der Waals surface area (Å²) in [6.07, 6.45) is 67.1. The minimum atomic E-state index is -4.96. The lowest BCUT2D eigenvalue weighted by Crippen LogP contribution is -2.30.